The van der Waals surface area contributed by atoms with Gasteiger partial charge >= 0.3 is 7.82 Å². The van der Waals surface area contributed by atoms with Gasteiger partial charge in [0.05, 0.1) is 19.5 Å². The lowest BCUT2D eigenvalue weighted by Gasteiger charge is -2.17. The third-order valence-corrected chi connectivity index (χ3v) is 5.04. The van der Waals surface area contributed by atoms with E-state index in [4.69, 9.17) is 15.0 Å². The molecule has 1 fully saturated rings. The minimum atomic E-state index is -4.29. The second kappa shape index (κ2) is 7.82. The summed E-state index contributed by atoms with van der Waals surface area (Å²) in [5.41, 5.74) is 6.35. The van der Waals surface area contributed by atoms with Gasteiger partial charge in [0.25, 0.3) is 0 Å². The van der Waals surface area contributed by atoms with Crippen molar-refractivity contribution >= 4 is 40.7 Å². The molecule has 5 atom stereocenters. The van der Waals surface area contributed by atoms with E-state index in [-0.39, 0.29) is 12.4 Å². The van der Waals surface area contributed by atoms with Crippen LogP contribution in [0.1, 0.15) is 6.23 Å². The number of alkyl halides is 1. The maximum Gasteiger partial charge on any atom is 0.472 e. The highest BCUT2D eigenvalue weighted by molar-refractivity contribution is 9.09. The highest BCUT2D eigenvalue weighted by Crippen LogP contribution is 2.44. The van der Waals surface area contributed by atoms with Crippen LogP contribution < -0.4 is 5.73 Å². The van der Waals surface area contributed by atoms with Crippen molar-refractivity contribution in [1.82, 2.24) is 19.5 Å². The van der Waals surface area contributed by atoms with Gasteiger partial charge in [-0.15, -0.1) is 0 Å². The van der Waals surface area contributed by atoms with Crippen LogP contribution >= 0.6 is 23.8 Å². The Kier molecular flexibility index (Phi) is 5.89. The lowest BCUT2D eigenvalue weighted by Crippen LogP contribution is -2.33. The van der Waals surface area contributed by atoms with Gasteiger partial charge in [-0.3, -0.25) is 13.6 Å². The van der Waals surface area contributed by atoms with E-state index in [0.717, 1.165) is 0 Å². The van der Waals surface area contributed by atoms with Crippen LogP contribution in [0, 0.1) is 0 Å². The second-order valence-corrected chi connectivity index (χ2v) is 7.66. The molecule has 0 saturated carbocycles. The molecule has 2 aromatic heterocycles. The summed E-state index contributed by atoms with van der Waals surface area (Å²) in [6.07, 6.45) is -2.25. The number of phosphoric ester groups is 1. The Bertz CT molecular complexity index is 822. The molecule has 0 bridgehead atoms. The number of aliphatic hydroxyl groups is 2. The van der Waals surface area contributed by atoms with E-state index in [1.165, 1.54) is 17.2 Å². The van der Waals surface area contributed by atoms with E-state index >= 15 is 0 Å². The predicted octanol–water partition coefficient (Wildman–Crippen LogP) is -0.444. The molecule has 1 aliphatic rings. The van der Waals surface area contributed by atoms with Gasteiger partial charge in [-0.1, -0.05) is 15.9 Å². The maximum absolute atomic E-state index is 11.7. The molecule has 0 amide bonds. The lowest BCUT2D eigenvalue weighted by atomic mass is 10.1. The molecule has 26 heavy (non-hydrogen) atoms. The lowest BCUT2D eigenvalue weighted by molar-refractivity contribution is -0.0512. The van der Waals surface area contributed by atoms with Gasteiger partial charge in [-0.25, -0.2) is 19.5 Å². The number of rotatable bonds is 7. The molecule has 1 aliphatic heterocycles. The average Bonchev–Trinajstić information content (AvgIpc) is 3.15. The van der Waals surface area contributed by atoms with Crippen LogP contribution in [0.3, 0.4) is 0 Å². The van der Waals surface area contributed by atoms with E-state index < -0.39 is 39.0 Å². The Labute approximate surface area is 155 Å². The Morgan fingerprint density at radius 3 is 2.81 bits per heavy atom. The zero-order valence-corrected chi connectivity index (χ0v) is 15.7. The number of hydrogen-bond acceptors (Lipinski definition) is 10. The zero-order valence-electron chi connectivity index (χ0n) is 13.3. The molecule has 0 aliphatic carbocycles. The minimum absolute atomic E-state index is 0.0325. The monoisotopic (exact) mass is 453 g/mol. The number of anilines is 1. The predicted molar refractivity (Wildman–Crippen MR) is 91.2 cm³/mol. The fraction of sp³-hybridized carbons (Fsp3) is 0.583. The Morgan fingerprint density at radius 1 is 1.31 bits per heavy atom. The van der Waals surface area contributed by atoms with E-state index in [0.29, 0.717) is 16.5 Å². The molecule has 1 saturated heterocycles. The quantitative estimate of drug-likeness (QED) is 0.315. The van der Waals surface area contributed by atoms with Crippen molar-refractivity contribution in [2.75, 3.05) is 24.3 Å². The largest absolute Gasteiger partial charge is 0.472 e. The fourth-order valence-corrected chi connectivity index (χ4v) is 3.65. The van der Waals surface area contributed by atoms with E-state index in [1.54, 1.807) is 0 Å². The number of imidazole rings is 1. The number of phosphoric acid groups is 1. The van der Waals surface area contributed by atoms with Gasteiger partial charge in [0.15, 0.2) is 17.7 Å². The summed E-state index contributed by atoms with van der Waals surface area (Å²) in [4.78, 5) is 21.5. The summed E-state index contributed by atoms with van der Waals surface area (Å²) in [6.45, 7) is -0.496. The van der Waals surface area contributed by atoms with Crippen LogP contribution in [0.4, 0.5) is 5.82 Å². The summed E-state index contributed by atoms with van der Waals surface area (Å²) in [5.74, 6) is 0.159. The van der Waals surface area contributed by atoms with Gasteiger partial charge in [0.1, 0.15) is 30.2 Å². The normalized spacial score (nSPS) is 28.5. The highest BCUT2D eigenvalue weighted by atomic mass is 79.9. The second-order valence-electron chi connectivity index (χ2n) is 5.42. The zero-order chi connectivity index (χ0) is 18.9. The van der Waals surface area contributed by atoms with Crippen molar-refractivity contribution in [3.8, 4) is 0 Å². The number of aromatic nitrogens is 4. The molecule has 2 aromatic rings. The Balaban J connectivity index is 1.73. The first kappa shape index (κ1) is 19.6. The molecular weight excluding hydrogens is 437 g/mol. The number of fused-ring (bicyclic) bond motifs is 1. The standard InChI is InChI=1S/C12H17BrN5O7P/c13-1-2-23-26(21,22)24-3-6-8(19)9(20)12(25-6)18-5-17-7-10(14)15-4-16-11(7)18/h4-6,8-9,12,19-20H,1-3H2,(H,21,22)(H2,14,15,16)/t6-,8-,9-,12-/m1/s1. The molecule has 3 heterocycles. The molecule has 3 rings (SSSR count). The van der Waals surface area contributed by atoms with E-state index in [1.807, 2.05) is 0 Å². The third kappa shape index (κ3) is 3.89. The van der Waals surface area contributed by atoms with Crippen molar-refractivity contribution < 1.29 is 33.5 Å². The van der Waals surface area contributed by atoms with Crippen LogP contribution in [-0.4, -0.2) is 71.5 Å². The van der Waals surface area contributed by atoms with Crippen molar-refractivity contribution in [3.05, 3.63) is 12.7 Å². The van der Waals surface area contributed by atoms with Crippen LogP contribution in [-0.2, 0) is 18.3 Å². The number of nitrogens with zero attached hydrogens (tertiary/aromatic N) is 4. The van der Waals surface area contributed by atoms with E-state index in [9.17, 15) is 19.7 Å². The number of halogens is 1. The summed E-state index contributed by atoms with van der Waals surface area (Å²) >= 11 is 3.05. The van der Waals surface area contributed by atoms with Crippen LogP contribution in [0.5, 0.6) is 0 Å². The first-order valence-corrected chi connectivity index (χ1v) is 10.1. The maximum atomic E-state index is 11.7. The number of hydrogen-bond donors (Lipinski definition) is 4. The van der Waals surface area contributed by atoms with Crippen molar-refractivity contribution in [1.29, 1.82) is 0 Å². The summed E-state index contributed by atoms with van der Waals surface area (Å²) in [7, 11) is -4.29. The molecule has 14 heteroatoms. The number of ether oxygens (including phenoxy) is 1. The van der Waals surface area contributed by atoms with E-state index in [2.05, 4.69) is 35.4 Å². The Hall–Kier alpha value is -1.18. The molecule has 0 aromatic carbocycles. The number of aliphatic hydroxyl groups excluding tert-OH is 2. The van der Waals surface area contributed by atoms with Crippen molar-refractivity contribution in [2.24, 2.45) is 0 Å². The molecule has 12 nitrogen and oxygen atoms in total. The third-order valence-electron chi connectivity index (χ3n) is 3.73. The summed E-state index contributed by atoms with van der Waals surface area (Å²) < 4.78 is 28.1. The fourth-order valence-electron chi connectivity index (χ4n) is 2.51. The van der Waals surface area contributed by atoms with Crippen LogP contribution in [0.2, 0.25) is 0 Å². The first-order valence-electron chi connectivity index (χ1n) is 7.46. The van der Waals surface area contributed by atoms with Crippen molar-refractivity contribution in [2.45, 2.75) is 24.5 Å². The first-order chi connectivity index (χ1) is 12.3. The number of nitrogens with two attached hydrogens (primary N) is 1. The Morgan fingerprint density at radius 2 is 2.08 bits per heavy atom. The molecule has 1 unspecified atom stereocenters. The molecule has 0 radical (unpaired) electrons. The summed E-state index contributed by atoms with van der Waals surface area (Å²) in [5, 5.41) is 20.8. The van der Waals surface area contributed by atoms with Gasteiger partial charge in [0, 0.05) is 5.33 Å². The van der Waals surface area contributed by atoms with Crippen LogP contribution in [0.15, 0.2) is 12.7 Å². The minimum Gasteiger partial charge on any atom is -0.387 e. The van der Waals surface area contributed by atoms with Gasteiger partial charge in [-0.05, 0) is 0 Å². The average molecular weight is 454 g/mol. The van der Waals surface area contributed by atoms with Crippen LogP contribution in [0.25, 0.3) is 11.2 Å². The number of nitrogen functional groups attached to an aromatic ring is 1. The molecule has 144 valence electrons. The van der Waals surface area contributed by atoms with Crippen molar-refractivity contribution in [3.63, 3.8) is 0 Å². The molecule has 0 spiro atoms. The SMILES string of the molecule is Nc1ncnc2c1ncn2[C@@H]1O[C@H](COP(=O)(O)OCCBr)[C@@H](O)[C@H]1O. The van der Waals surface area contributed by atoms with Gasteiger partial charge in [0.2, 0.25) is 0 Å². The molecule has 5 N–H and O–H groups in total. The topological polar surface area (TPSA) is 175 Å². The highest BCUT2D eigenvalue weighted by Gasteiger charge is 2.45. The summed E-state index contributed by atoms with van der Waals surface area (Å²) in [6, 6.07) is 0. The smallest absolute Gasteiger partial charge is 0.387 e. The van der Waals surface area contributed by atoms with Gasteiger partial charge in [-0.2, -0.15) is 0 Å². The molecular formula is C12H17BrN5O7P. The van der Waals surface area contributed by atoms with Gasteiger partial charge < -0.3 is 25.6 Å².